The van der Waals surface area contributed by atoms with Crippen molar-refractivity contribution in [3.63, 3.8) is 0 Å². The summed E-state index contributed by atoms with van der Waals surface area (Å²) in [7, 11) is 3.19. The van der Waals surface area contributed by atoms with Crippen molar-refractivity contribution in [2.24, 2.45) is 0 Å². The minimum absolute atomic E-state index is 0.0526. The van der Waals surface area contributed by atoms with Crippen LogP contribution < -0.4 is 14.8 Å². The minimum Gasteiger partial charge on any atom is -0.497 e. The quantitative estimate of drug-likeness (QED) is 0.590. The van der Waals surface area contributed by atoms with Crippen LogP contribution in [0.3, 0.4) is 0 Å². The fourth-order valence-corrected chi connectivity index (χ4v) is 4.09. The van der Waals surface area contributed by atoms with Crippen molar-refractivity contribution in [1.29, 1.82) is 0 Å². The van der Waals surface area contributed by atoms with Gasteiger partial charge < -0.3 is 24.6 Å². The molecular formula is C27H29N3O4. The largest absolute Gasteiger partial charge is 0.497 e. The highest BCUT2D eigenvalue weighted by molar-refractivity contribution is 6.00. The van der Waals surface area contributed by atoms with Crippen LogP contribution in [0.25, 0.3) is 0 Å². The van der Waals surface area contributed by atoms with Crippen molar-refractivity contribution in [3.8, 4) is 11.5 Å². The van der Waals surface area contributed by atoms with E-state index in [1.165, 1.54) is 0 Å². The smallest absolute Gasteiger partial charge is 0.257 e. The van der Waals surface area contributed by atoms with E-state index in [-0.39, 0.29) is 11.8 Å². The molecule has 0 aromatic heterocycles. The molecule has 0 saturated carbocycles. The molecule has 1 heterocycles. The molecule has 1 aliphatic heterocycles. The van der Waals surface area contributed by atoms with Crippen LogP contribution in [0, 0.1) is 0 Å². The topological polar surface area (TPSA) is 71.1 Å². The van der Waals surface area contributed by atoms with Gasteiger partial charge in [0.05, 0.1) is 31.0 Å². The lowest BCUT2D eigenvalue weighted by Crippen LogP contribution is -2.37. The van der Waals surface area contributed by atoms with Crippen LogP contribution in [0.4, 0.5) is 11.4 Å². The maximum Gasteiger partial charge on any atom is 0.257 e. The number of rotatable bonds is 6. The van der Waals surface area contributed by atoms with E-state index in [2.05, 4.69) is 5.32 Å². The lowest BCUT2D eigenvalue weighted by molar-refractivity contribution is 0.0717. The number of amides is 2. The van der Waals surface area contributed by atoms with E-state index in [9.17, 15) is 9.59 Å². The van der Waals surface area contributed by atoms with Gasteiger partial charge in [0.25, 0.3) is 11.8 Å². The summed E-state index contributed by atoms with van der Waals surface area (Å²) in [6.07, 6.45) is 0.709. The second kappa shape index (κ2) is 10.7. The van der Waals surface area contributed by atoms with Crippen molar-refractivity contribution >= 4 is 23.2 Å². The molecule has 0 aliphatic carbocycles. The van der Waals surface area contributed by atoms with E-state index in [4.69, 9.17) is 9.47 Å². The predicted molar refractivity (Wildman–Crippen MR) is 132 cm³/mol. The summed E-state index contributed by atoms with van der Waals surface area (Å²) in [6, 6.07) is 22.3. The van der Waals surface area contributed by atoms with Crippen LogP contribution in [0.2, 0.25) is 0 Å². The summed E-state index contributed by atoms with van der Waals surface area (Å²) in [5.41, 5.74) is 2.75. The molecule has 0 unspecified atom stereocenters. The molecule has 2 amide bonds. The van der Waals surface area contributed by atoms with Gasteiger partial charge in [0.1, 0.15) is 11.5 Å². The molecule has 3 aromatic carbocycles. The maximum atomic E-state index is 13.5. The Labute approximate surface area is 199 Å². The van der Waals surface area contributed by atoms with Crippen molar-refractivity contribution in [3.05, 3.63) is 83.9 Å². The van der Waals surface area contributed by atoms with Gasteiger partial charge in [-0.1, -0.05) is 24.3 Å². The van der Waals surface area contributed by atoms with Crippen LogP contribution in [0.5, 0.6) is 11.5 Å². The van der Waals surface area contributed by atoms with E-state index in [0.29, 0.717) is 49.5 Å². The van der Waals surface area contributed by atoms with Gasteiger partial charge in [0.15, 0.2) is 0 Å². The summed E-state index contributed by atoms with van der Waals surface area (Å²) >= 11 is 0. The highest BCUT2D eigenvalue weighted by atomic mass is 16.5. The van der Waals surface area contributed by atoms with E-state index < -0.39 is 0 Å². The number of anilines is 2. The lowest BCUT2D eigenvalue weighted by atomic mass is 10.1. The first-order chi connectivity index (χ1) is 16.6. The van der Waals surface area contributed by atoms with Crippen LogP contribution in [-0.2, 0) is 0 Å². The Bertz CT molecular complexity index is 1150. The number of carbonyl (C=O) groups excluding carboxylic acids is 2. The zero-order valence-electron chi connectivity index (χ0n) is 19.5. The van der Waals surface area contributed by atoms with Gasteiger partial charge in [-0.3, -0.25) is 9.59 Å². The normalized spacial score (nSPS) is 13.7. The van der Waals surface area contributed by atoms with Gasteiger partial charge in [0.2, 0.25) is 0 Å². The molecule has 0 radical (unpaired) electrons. The Morgan fingerprint density at radius 2 is 1.29 bits per heavy atom. The third-order valence-corrected chi connectivity index (χ3v) is 5.93. The second-order valence-corrected chi connectivity index (χ2v) is 8.04. The van der Waals surface area contributed by atoms with Crippen molar-refractivity contribution < 1.29 is 19.1 Å². The van der Waals surface area contributed by atoms with Crippen LogP contribution >= 0.6 is 0 Å². The number of para-hydroxylation sites is 2. The highest BCUT2D eigenvalue weighted by Crippen LogP contribution is 2.25. The van der Waals surface area contributed by atoms with Gasteiger partial charge >= 0.3 is 0 Å². The molecule has 3 aromatic rings. The molecule has 1 saturated heterocycles. The molecule has 4 rings (SSSR count). The third kappa shape index (κ3) is 5.14. The summed E-state index contributed by atoms with van der Waals surface area (Å²) in [5, 5.41) is 3.34. The molecule has 1 fully saturated rings. The highest BCUT2D eigenvalue weighted by Gasteiger charge is 2.26. The number of hydrogen-bond acceptors (Lipinski definition) is 5. The number of nitrogens with one attached hydrogen (secondary N) is 1. The number of carbonyl (C=O) groups is 2. The first kappa shape index (κ1) is 23.2. The Morgan fingerprint density at radius 1 is 0.706 bits per heavy atom. The molecule has 0 bridgehead atoms. The molecule has 34 heavy (non-hydrogen) atoms. The summed E-state index contributed by atoms with van der Waals surface area (Å²) in [4.78, 5) is 30.2. The fraction of sp³-hybridized carbons (Fsp3) is 0.259. The Hall–Kier alpha value is -4.00. The average Bonchev–Trinajstić information content (AvgIpc) is 3.15. The fourth-order valence-electron chi connectivity index (χ4n) is 4.09. The molecule has 1 aliphatic rings. The zero-order chi connectivity index (χ0) is 23.9. The lowest BCUT2D eigenvalue weighted by Gasteiger charge is -2.24. The monoisotopic (exact) mass is 459 g/mol. The van der Waals surface area contributed by atoms with Crippen molar-refractivity contribution in [2.45, 2.75) is 6.42 Å². The van der Waals surface area contributed by atoms with Crippen LogP contribution in [-0.4, -0.2) is 62.0 Å². The molecule has 176 valence electrons. The second-order valence-electron chi connectivity index (χ2n) is 8.04. The molecule has 7 heteroatoms. The van der Waals surface area contributed by atoms with Gasteiger partial charge in [-0.15, -0.1) is 0 Å². The standard InChI is InChI=1S/C27H29N3O4/c1-33-21-14-12-20(13-15-21)28-24-10-5-3-8-22(24)26(31)29-16-7-17-30(19-18-29)27(32)23-9-4-6-11-25(23)34-2/h3-6,8-15,28H,7,16-19H2,1-2H3. The van der Waals surface area contributed by atoms with Crippen LogP contribution in [0.1, 0.15) is 27.1 Å². The van der Waals surface area contributed by atoms with Crippen LogP contribution in [0.15, 0.2) is 72.8 Å². The Balaban J connectivity index is 1.46. The first-order valence-corrected chi connectivity index (χ1v) is 11.3. The first-order valence-electron chi connectivity index (χ1n) is 11.3. The Kier molecular flexibility index (Phi) is 7.32. The number of benzene rings is 3. The molecule has 1 N–H and O–H groups in total. The molecule has 0 spiro atoms. The van der Waals surface area contributed by atoms with Gasteiger partial charge in [-0.2, -0.15) is 0 Å². The predicted octanol–water partition coefficient (Wildman–Crippen LogP) is 4.44. The average molecular weight is 460 g/mol. The van der Waals surface area contributed by atoms with Crippen molar-refractivity contribution in [2.75, 3.05) is 45.7 Å². The number of ether oxygens (including phenoxy) is 2. The Morgan fingerprint density at radius 3 is 1.94 bits per heavy atom. The van der Waals surface area contributed by atoms with Gasteiger partial charge in [-0.25, -0.2) is 0 Å². The van der Waals surface area contributed by atoms with E-state index in [1.807, 2.05) is 65.6 Å². The summed E-state index contributed by atoms with van der Waals surface area (Å²) in [5.74, 6) is 1.20. The van der Waals surface area contributed by atoms with E-state index in [0.717, 1.165) is 17.1 Å². The molecule has 7 nitrogen and oxygen atoms in total. The molecule has 0 atom stereocenters. The summed E-state index contributed by atoms with van der Waals surface area (Å²) in [6.45, 7) is 2.12. The van der Waals surface area contributed by atoms with E-state index >= 15 is 0 Å². The number of hydrogen-bond donors (Lipinski definition) is 1. The minimum atomic E-state index is -0.0756. The van der Waals surface area contributed by atoms with Crippen molar-refractivity contribution in [1.82, 2.24) is 9.80 Å². The zero-order valence-corrected chi connectivity index (χ0v) is 19.5. The number of methoxy groups -OCH3 is 2. The maximum absolute atomic E-state index is 13.5. The van der Waals surface area contributed by atoms with Gasteiger partial charge in [0, 0.05) is 31.9 Å². The SMILES string of the molecule is COc1ccc(Nc2ccccc2C(=O)N2CCCN(C(=O)c3ccccc3OC)CC2)cc1. The van der Waals surface area contributed by atoms with Gasteiger partial charge in [-0.05, 0) is 55.0 Å². The molecular weight excluding hydrogens is 430 g/mol. The summed E-state index contributed by atoms with van der Waals surface area (Å²) < 4.78 is 10.6. The number of nitrogens with zero attached hydrogens (tertiary/aromatic N) is 2. The third-order valence-electron chi connectivity index (χ3n) is 5.93. The van der Waals surface area contributed by atoms with E-state index in [1.54, 1.807) is 31.3 Å².